The quantitative estimate of drug-likeness (QED) is 0.492. The van der Waals surface area contributed by atoms with Gasteiger partial charge in [0.1, 0.15) is 12.1 Å². The minimum Gasteiger partial charge on any atom is -0.406 e. The SMILES string of the molecule is [B]N1CC=Cc2cncnc21. The lowest BCUT2D eigenvalue weighted by Crippen LogP contribution is -2.23. The topological polar surface area (TPSA) is 29.0 Å². The molecule has 0 amide bonds. The largest absolute Gasteiger partial charge is 0.406 e. The van der Waals surface area contributed by atoms with Crippen LogP contribution in [0.25, 0.3) is 6.08 Å². The number of hydrogen-bond acceptors (Lipinski definition) is 3. The first-order chi connectivity index (χ1) is 5.38. The summed E-state index contributed by atoms with van der Waals surface area (Å²) in [4.78, 5) is 9.52. The van der Waals surface area contributed by atoms with Gasteiger partial charge in [0.25, 0.3) is 0 Å². The van der Waals surface area contributed by atoms with E-state index in [1.807, 2.05) is 12.2 Å². The Morgan fingerprint density at radius 1 is 1.55 bits per heavy atom. The van der Waals surface area contributed by atoms with Crippen LogP contribution in [0.3, 0.4) is 0 Å². The third-order valence-corrected chi connectivity index (χ3v) is 1.59. The molecule has 0 bridgehead atoms. The second kappa shape index (κ2) is 2.38. The van der Waals surface area contributed by atoms with E-state index >= 15 is 0 Å². The second-order valence-electron chi connectivity index (χ2n) is 2.36. The highest BCUT2D eigenvalue weighted by molar-refractivity contribution is 6.18. The van der Waals surface area contributed by atoms with E-state index in [1.54, 1.807) is 11.0 Å². The molecule has 0 atom stereocenters. The van der Waals surface area contributed by atoms with E-state index in [2.05, 4.69) is 9.97 Å². The van der Waals surface area contributed by atoms with Crippen molar-refractivity contribution >= 4 is 19.9 Å². The Balaban J connectivity index is 2.54. The van der Waals surface area contributed by atoms with Crippen LogP contribution in [0.15, 0.2) is 18.6 Å². The van der Waals surface area contributed by atoms with Gasteiger partial charge < -0.3 is 4.81 Å². The first kappa shape index (κ1) is 6.40. The van der Waals surface area contributed by atoms with Gasteiger partial charge in [0.05, 0.1) is 0 Å². The molecular weight excluding hydrogens is 137 g/mol. The molecule has 0 N–H and O–H groups in total. The van der Waals surface area contributed by atoms with Gasteiger partial charge in [0.2, 0.25) is 7.98 Å². The smallest absolute Gasteiger partial charge is 0.229 e. The highest BCUT2D eigenvalue weighted by Gasteiger charge is 2.08. The van der Waals surface area contributed by atoms with Crippen LogP contribution >= 0.6 is 0 Å². The molecule has 0 spiro atoms. The molecule has 2 radical (unpaired) electrons. The predicted molar refractivity (Wildman–Crippen MR) is 44.2 cm³/mol. The van der Waals surface area contributed by atoms with E-state index in [0.717, 1.165) is 11.4 Å². The Labute approximate surface area is 66.2 Å². The Morgan fingerprint density at radius 2 is 2.45 bits per heavy atom. The molecule has 0 fully saturated rings. The predicted octanol–water partition coefficient (Wildman–Crippen LogP) is 0.393. The van der Waals surface area contributed by atoms with Crippen molar-refractivity contribution in [2.45, 2.75) is 0 Å². The van der Waals surface area contributed by atoms with Crippen molar-refractivity contribution in [3.8, 4) is 0 Å². The van der Waals surface area contributed by atoms with Gasteiger partial charge in [-0.25, -0.2) is 9.97 Å². The van der Waals surface area contributed by atoms with Crippen LogP contribution in [0.2, 0.25) is 0 Å². The second-order valence-corrected chi connectivity index (χ2v) is 2.36. The zero-order valence-electron chi connectivity index (χ0n) is 5.94. The summed E-state index contributed by atoms with van der Waals surface area (Å²) in [5.41, 5.74) is 0.973. The van der Waals surface area contributed by atoms with Crippen LogP contribution < -0.4 is 4.81 Å². The highest BCUT2D eigenvalue weighted by atomic mass is 15.1. The lowest BCUT2D eigenvalue weighted by atomic mass is 10.1. The summed E-state index contributed by atoms with van der Waals surface area (Å²) in [5, 5.41) is 0. The van der Waals surface area contributed by atoms with Crippen LogP contribution in [0.4, 0.5) is 5.82 Å². The van der Waals surface area contributed by atoms with Crippen molar-refractivity contribution in [2.75, 3.05) is 11.4 Å². The fourth-order valence-electron chi connectivity index (χ4n) is 1.07. The molecular formula is C7H6BN3. The van der Waals surface area contributed by atoms with E-state index in [0.29, 0.717) is 6.54 Å². The molecule has 1 aromatic heterocycles. The third-order valence-electron chi connectivity index (χ3n) is 1.59. The van der Waals surface area contributed by atoms with Gasteiger partial charge in [-0.1, -0.05) is 12.2 Å². The molecule has 3 nitrogen and oxygen atoms in total. The third kappa shape index (κ3) is 1.00. The molecule has 2 rings (SSSR count). The summed E-state index contributed by atoms with van der Waals surface area (Å²) in [6.45, 7) is 0.712. The van der Waals surface area contributed by atoms with E-state index in [4.69, 9.17) is 7.98 Å². The van der Waals surface area contributed by atoms with Gasteiger partial charge in [-0.2, -0.15) is 0 Å². The van der Waals surface area contributed by atoms with Gasteiger partial charge >= 0.3 is 0 Å². The molecule has 2 heterocycles. The average Bonchev–Trinajstić information content (AvgIpc) is 2.06. The minimum absolute atomic E-state index is 0.712. The number of hydrogen-bond donors (Lipinski definition) is 0. The summed E-state index contributed by atoms with van der Waals surface area (Å²) in [6, 6.07) is 0. The monoisotopic (exact) mass is 143 g/mol. The Morgan fingerprint density at radius 3 is 3.27 bits per heavy atom. The molecule has 11 heavy (non-hydrogen) atoms. The van der Waals surface area contributed by atoms with Gasteiger partial charge in [-0.3, -0.25) is 0 Å². The maximum absolute atomic E-state index is 5.64. The van der Waals surface area contributed by atoms with Gasteiger partial charge in [-0.05, 0) is 0 Å². The van der Waals surface area contributed by atoms with Gasteiger partial charge in [0, 0.05) is 18.3 Å². The number of anilines is 1. The molecule has 1 aliphatic rings. The molecule has 52 valence electrons. The minimum atomic E-state index is 0.712. The summed E-state index contributed by atoms with van der Waals surface area (Å²) < 4.78 is 0. The van der Waals surface area contributed by atoms with E-state index in [9.17, 15) is 0 Å². The average molecular weight is 143 g/mol. The zero-order valence-corrected chi connectivity index (χ0v) is 5.94. The van der Waals surface area contributed by atoms with Crippen molar-refractivity contribution in [3.05, 3.63) is 24.2 Å². The first-order valence-corrected chi connectivity index (χ1v) is 3.37. The zero-order chi connectivity index (χ0) is 7.68. The number of nitrogens with zero attached hydrogens (tertiary/aromatic N) is 3. The van der Waals surface area contributed by atoms with Crippen molar-refractivity contribution in [1.82, 2.24) is 9.97 Å². The summed E-state index contributed by atoms with van der Waals surface area (Å²) in [5.74, 6) is 0.794. The lowest BCUT2D eigenvalue weighted by Gasteiger charge is -2.21. The molecule has 0 aromatic carbocycles. The molecule has 1 aromatic rings. The summed E-state index contributed by atoms with van der Waals surface area (Å²) >= 11 is 0. The van der Waals surface area contributed by atoms with Crippen LogP contribution in [0.1, 0.15) is 5.56 Å². The van der Waals surface area contributed by atoms with Crippen molar-refractivity contribution in [1.29, 1.82) is 0 Å². The molecule has 1 aliphatic heterocycles. The number of aromatic nitrogens is 2. The maximum Gasteiger partial charge on any atom is 0.229 e. The number of fused-ring (bicyclic) bond motifs is 1. The normalized spacial score (nSPS) is 14.7. The standard InChI is InChI=1S/C7H6BN3/c8-11-3-1-2-6-4-9-5-10-7(6)11/h1-2,4-5H,3H2. The van der Waals surface area contributed by atoms with Crippen LogP contribution in [0, 0.1) is 0 Å². The van der Waals surface area contributed by atoms with Crippen molar-refractivity contribution in [2.24, 2.45) is 0 Å². The number of rotatable bonds is 0. The molecule has 4 heteroatoms. The van der Waals surface area contributed by atoms with Crippen LogP contribution in [0.5, 0.6) is 0 Å². The molecule has 0 saturated heterocycles. The summed E-state index contributed by atoms with van der Waals surface area (Å²) in [6.07, 6.45) is 7.19. The van der Waals surface area contributed by atoms with Crippen LogP contribution in [-0.4, -0.2) is 24.5 Å². The van der Waals surface area contributed by atoms with E-state index in [1.165, 1.54) is 6.33 Å². The van der Waals surface area contributed by atoms with Crippen molar-refractivity contribution in [3.63, 3.8) is 0 Å². The van der Waals surface area contributed by atoms with Gasteiger partial charge in [-0.15, -0.1) is 0 Å². The highest BCUT2D eigenvalue weighted by Crippen LogP contribution is 2.18. The molecule has 0 saturated carbocycles. The van der Waals surface area contributed by atoms with Crippen molar-refractivity contribution < 1.29 is 0 Å². The van der Waals surface area contributed by atoms with Gasteiger partial charge in [0.15, 0.2) is 0 Å². The molecule has 0 unspecified atom stereocenters. The Hall–Kier alpha value is -1.32. The summed E-state index contributed by atoms with van der Waals surface area (Å²) in [7, 11) is 5.64. The lowest BCUT2D eigenvalue weighted by molar-refractivity contribution is 1.06. The van der Waals surface area contributed by atoms with E-state index < -0.39 is 0 Å². The van der Waals surface area contributed by atoms with Crippen LogP contribution in [-0.2, 0) is 0 Å². The fraction of sp³-hybridized carbons (Fsp3) is 0.143. The Bertz CT molecular complexity index is 297. The van der Waals surface area contributed by atoms with E-state index in [-0.39, 0.29) is 0 Å². The Kier molecular flexibility index (Phi) is 1.38. The maximum atomic E-state index is 5.64. The fourth-order valence-corrected chi connectivity index (χ4v) is 1.07. The molecule has 0 aliphatic carbocycles. The first-order valence-electron chi connectivity index (χ1n) is 3.37.